The second-order valence-corrected chi connectivity index (χ2v) is 17.4. The Labute approximate surface area is 333 Å². The first-order valence-electron chi connectivity index (χ1n) is 20.5. The Morgan fingerprint density at radius 2 is 0.698 bits per heavy atom. The van der Waals surface area contributed by atoms with Crippen LogP contribution in [0.25, 0.3) is 0 Å². The van der Waals surface area contributed by atoms with E-state index in [2.05, 4.69) is 23.3 Å². The molecule has 0 amide bonds. The summed E-state index contributed by atoms with van der Waals surface area (Å²) < 4.78 is 22.2. The average molecular weight is 860 g/mol. The average Bonchev–Trinajstić information content (AvgIpc) is 3.14. The number of hydrogen-bond acceptors (Lipinski definition) is 10. The van der Waals surface area contributed by atoms with Gasteiger partial charge in [0.2, 0.25) is 0 Å². The molecular weight excluding hydrogens is 783 g/mol. The quantitative estimate of drug-likeness (QED) is 0.0263. The van der Waals surface area contributed by atoms with E-state index in [1.807, 2.05) is 0 Å². The molecule has 0 bridgehead atoms. The minimum absolute atomic E-state index is 0.0377. The maximum absolute atomic E-state index is 10.7. The van der Waals surface area contributed by atoms with Crippen LogP contribution in [0.1, 0.15) is 168 Å². The van der Waals surface area contributed by atoms with Gasteiger partial charge in [0.25, 0.3) is 0 Å². The number of carboxylic acids is 2. The Kier molecular flexibility index (Phi) is 52.4. The fraction of sp³-hybridized carbons (Fsp3) is 0.810. The van der Waals surface area contributed by atoms with Gasteiger partial charge in [0, 0.05) is 39.6 Å². The van der Waals surface area contributed by atoms with E-state index in [1.165, 1.54) is 116 Å². The Balaban J connectivity index is -0.000000762. The smallest absolute Gasteiger partial charge is 0.545 e. The standard InChI is InChI=1S/2C12H25.2C9H14O5.Sn/c2*1-3-5-7-9-11-12-10-8-6-4-2;2*1-13-6-2-3-7-14-9(12)5-4-8(10)11;/h2*1,3-12H2,2H3;2*4-5H,2-3,6-7H2,1H3,(H,10,11);/q;;;;+2/p-2/b;;2*5-4-;. The summed E-state index contributed by atoms with van der Waals surface area (Å²) in [5.41, 5.74) is 0. The van der Waals surface area contributed by atoms with Gasteiger partial charge in [-0.15, -0.1) is 0 Å². The van der Waals surface area contributed by atoms with Crippen molar-refractivity contribution in [3.05, 3.63) is 24.3 Å². The summed E-state index contributed by atoms with van der Waals surface area (Å²) in [6.45, 7) is 6.37. The third-order valence-corrected chi connectivity index (χ3v) is 12.1. The van der Waals surface area contributed by atoms with Crippen molar-refractivity contribution < 1.29 is 48.3 Å². The molecule has 0 spiro atoms. The molecule has 308 valence electrons. The summed E-state index contributed by atoms with van der Waals surface area (Å²) in [5.74, 6) is -4.18. The van der Waals surface area contributed by atoms with Crippen LogP contribution in [0.15, 0.2) is 24.3 Å². The molecule has 0 unspecified atom stereocenters. The maximum atomic E-state index is 10.7. The number of esters is 2. The van der Waals surface area contributed by atoms with Gasteiger partial charge in [0.05, 0.1) is 25.2 Å². The summed E-state index contributed by atoms with van der Waals surface area (Å²) >= 11 is 0.0377. The third kappa shape index (κ3) is 59.6. The van der Waals surface area contributed by atoms with Gasteiger partial charge in [0.15, 0.2) is 0 Å². The normalized spacial score (nSPS) is 10.6. The Morgan fingerprint density at radius 3 is 0.981 bits per heavy atom. The number of hydrogen-bond donors (Lipinski definition) is 0. The zero-order chi connectivity index (χ0) is 39.9. The van der Waals surface area contributed by atoms with E-state index in [4.69, 9.17) is 9.47 Å². The minimum atomic E-state index is -1.42. The fourth-order valence-electron chi connectivity index (χ4n) is 5.01. The van der Waals surface area contributed by atoms with Crippen molar-refractivity contribution in [2.45, 2.75) is 177 Å². The molecule has 0 aromatic rings. The van der Waals surface area contributed by atoms with Crippen LogP contribution >= 0.6 is 0 Å². The van der Waals surface area contributed by atoms with Crippen LogP contribution < -0.4 is 10.2 Å². The molecule has 0 rings (SSSR count). The number of ether oxygens (including phenoxy) is 4. The molecule has 0 fully saturated rings. The van der Waals surface area contributed by atoms with Crippen molar-refractivity contribution in [2.75, 3.05) is 40.6 Å². The van der Waals surface area contributed by atoms with Gasteiger partial charge in [-0.3, -0.25) is 0 Å². The van der Waals surface area contributed by atoms with Crippen LogP contribution in [0.2, 0.25) is 8.87 Å². The first-order valence-corrected chi connectivity index (χ1v) is 24.6. The fourth-order valence-corrected chi connectivity index (χ4v) is 8.58. The number of carbonyl (C=O) groups excluding carboxylic acids is 4. The molecule has 0 radical (unpaired) electrons. The van der Waals surface area contributed by atoms with E-state index in [9.17, 15) is 29.4 Å². The number of unbranched alkanes of at least 4 members (excludes halogenated alkanes) is 20. The number of carboxylic acid groups (broad SMARTS) is 2. The summed E-state index contributed by atoms with van der Waals surface area (Å²) in [4.78, 5) is 41.3. The summed E-state index contributed by atoms with van der Waals surface area (Å²) in [5, 5.41) is 19.8. The van der Waals surface area contributed by atoms with Gasteiger partial charge < -0.3 is 38.7 Å². The number of aliphatic carboxylic acids is 2. The van der Waals surface area contributed by atoms with E-state index in [0.29, 0.717) is 38.2 Å². The first-order chi connectivity index (χ1) is 25.7. The Morgan fingerprint density at radius 1 is 0.415 bits per heavy atom. The van der Waals surface area contributed by atoms with Crippen molar-refractivity contribution in [2.24, 2.45) is 0 Å². The van der Waals surface area contributed by atoms with Crippen molar-refractivity contribution in [3.63, 3.8) is 0 Å². The van der Waals surface area contributed by atoms with Crippen LogP contribution in [0, 0.1) is 0 Å². The molecule has 0 aromatic carbocycles. The number of methoxy groups -OCH3 is 2. The van der Waals surface area contributed by atoms with Crippen LogP contribution in [-0.2, 0) is 38.1 Å². The molecule has 10 nitrogen and oxygen atoms in total. The van der Waals surface area contributed by atoms with E-state index < -0.39 is 23.9 Å². The van der Waals surface area contributed by atoms with Gasteiger partial charge in [-0.2, -0.15) is 0 Å². The minimum Gasteiger partial charge on any atom is -0.545 e. The summed E-state index contributed by atoms with van der Waals surface area (Å²) in [6, 6.07) is 0. The molecule has 0 saturated carbocycles. The van der Waals surface area contributed by atoms with E-state index in [0.717, 1.165) is 25.0 Å². The molecule has 0 aliphatic heterocycles. The number of carbonyl (C=O) groups is 4. The van der Waals surface area contributed by atoms with Gasteiger partial charge in [-0.25, -0.2) is 9.59 Å². The molecule has 0 aromatic heterocycles. The third-order valence-electron chi connectivity index (χ3n) is 8.10. The zero-order valence-corrected chi connectivity index (χ0v) is 37.0. The van der Waals surface area contributed by atoms with Gasteiger partial charge >= 0.3 is 184 Å². The van der Waals surface area contributed by atoms with Crippen LogP contribution in [-0.4, -0.2) is 85.7 Å². The predicted octanol–water partition coefficient (Wildman–Crippen LogP) is 7.89. The molecule has 0 atom stereocenters. The van der Waals surface area contributed by atoms with Gasteiger partial charge in [-0.05, 0) is 37.8 Å². The second kappa shape index (κ2) is 50.1. The monoisotopic (exact) mass is 860 g/mol. The molecule has 0 saturated heterocycles. The van der Waals surface area contributed by atoms with E-state index in [1.54, 1.807) is 35.9 Å². The first kappa shape index (κ1) is 55.4. The van der Waals surface area contributed by atoms with Gasteiger partial charge in [0.1, 0.15) is 0 Å². The SMILES string of the molecule is CCCCCCCCCCC[CH2][Sn+2][CH2]CCCCCCCCCCC.COCCCCOC(=O)/C=C\C(=O)[O-].COCCCCOC(=O)/C=C\C(=O)[O-]. The van der Waals surface area contributed by atoms with E-state index in [-0.39, 0.29) is 34.4 Å². The van der Waals surface area contributed by atoms with Gasteiger partial charge in [-0.1, -0.05) is 0 Å². The molecule has 11 heteroatoms. The second-order valence-electron chi connectivity index (χ2n) is 13.2. The Hall–Kier alpha value is -1.92. The molecule has 53 heavy (non-hydrogen) atoms. The van der Waals surface area contributed by atoms with Crippen molar-refractivity contribution in [1.29, 1.82) is 0 Å². The predicted molar refractivity (Wildman–Crippen MR) is 211 cm³/mol. The van der Waals surface area contributed by atoms with Crippen molar-refractivity contribution >= 4 is 45.0 Å². The van der Waals surface area contributed by atoms with Crippen molar-refractivity contribution in [1.82, 2.24) is 0 Å². The van der Waals surface area contributed by atoms with Crippen molar-refractivity contribution in [3.8, 4) is 0 Å². The molecule has 0 aliphatic rings. The molecule has 0 aliphatic carbocycles. The molecule has 0 N–H and O–H groups in total. The number of rotatable bonds is 36. The van der Waals surface area contributed by atoms with Crippen LogP contribution in [0.4, 0.5) is 0 Å². The summed E-state index contributed by atoms with van der Waals surface area (Å²) in [6.07, 6.45) is 35.8. The summed E-state index contributed by atoms with van der Waals surface area (Å²) in [7, 11) is 3.18. The van der Waals surface area contributed by atoms with E-state index >= 15 is 0 Å². The van der Waals surface area contributed by atoms with Crippen LogP contribution in [0.5, 0.6) is 0 Å². The molecular formula is C42H76O10Sn. The topological polar surface area (TPSA) is 151 Å². The Bertz CT molecular complexity index is 795. The van der Waals surface area contributed by atoms with Crippen LogP contribution in [0.3, 0.4) is 0 Å². The molecule has 0 heterocycles. The zero-order valence-electron chi connectivity index (χ0n) is 34.1.